The summed E-state index contributed by atoms with van der Waals surface area (Å²) in [7, 11) is 0. The van der Waals surface area contributed by atoms with Gasteiger partial charge in [0.25, 0.3) is 0 Å². The van der Waals surface area contributed by atoms with Crippen molar-refractivity contribution in [3.8, 4) is 0 Å². The fourth-order valence-electron chi connectivity index (χ4n) is 3.97. The number of thiophene rings is 1. The molecule has 2 aliphatic rings. The largest absolute Gasteiger partial charge is 0.374 e. The second-order valence-corrected chi connectivity index (χ2v) is 9.15. The predicted octanol–water partition coefficient (Wildman–Crippen LogP) is 3.25. The minimum atomic E-state index is 0. The van der Waals surface area contributed by atoms with E-state index in [1.165, 1.54) is 5.00 Å². The number of hydrogen-bond acceptors (Lipinski definition) is 5. The van der Waals surface area contributed by atoms with Gasteiger partial charge in [-0.15, -0.1) is 35.3 Å². The Morgan fingerprint density at radius 3 is 2.76 bits per heavy atom. The molecule has 2 N–H and O–H groups in total. The third-order valence-corrected chi connectivity index (χ3v) is 6.23. The zero-order valence-electron chi connectivity index (χ0n) is 18.1. The van der Waals surface area contributed by atoms with Crippen LogP contribution in [0.15, 0.2) is 22.5 Å². The molecule has 3 heterocycles. The van der Waals surface area contributed by atoms with Crippen molar-refractivity contribution in [2.75, 3.05) is 57.3 Å². The van der Waals surface area contributed by atoms with Gasteiger partial charge in [-0.2, -0.15) is 0 Å². The number of guanidine groups is 1. The fraction of sp³-hybridized carbons (Fsp3) is 0.762. The fourth-order valence-corrected chi connectivity index (χ4v) is 4.76. The average Bonchev–Trinajstić information content (AvgIpc) is 3.21. The van der Waals surface area contributed by atoms with Crippen LogP contribution < -0.4 is 15.5 Å². The molecule has 1 aromatic rings. The van der Waals surface area contributed by atoms with Gasteiger partial charge in [0.05, 0.1) is 24.3 Å². The lowest BCUT2D eigenvalue weighted by Crippen LogP contribution is -2.49. The summed E-state index contributed by atoms with van der Waals surface area (Å²) in [6, 6.07) is 4.84. The Bertz CT molecular complexity index is 590. The highest BCUT2D eigenvalue weighted by Crippen LogP contribution is 2.24. The molecule has 1 atom stereocenters. The maximum Gasteiger partial charge on any atom is 0.191 e. The van der Waals surface area contributed by atoms with E-state index < -0.39 is 0 Å². The minimum Gasteiger partial charge on any atom is -0.374 e. The van der Waals surface area contributed by atoms with Crippen LogP contribution in [0.1, 0.15) is 33.6 Å². The molecule has 166 valence electrons. The molecule has 1 unspecified atom stereocenters. The molecule has 3 rings (SSSR count). The van der Waals surface area contributed by atoms with E-state index in [4.69, 9.17) is 9.73 Å². The Morgan fingerprint density at radius 1 is 1.31 bits per heavy atom. The van der Waals surface area contributed by atoms with Crippen LogP contribution in [0.25, 0.3) is 0 Å². The standard InChI is InChI=1S/C21H37N5OS.HI/c1-4-22-21(23-14-19-16-25(11-12-27-19)15-17(2)3)24-18-7-9-26(10-8-18)20-6-5-13-28-20;/h5-6,13,17-19H,4,7-12,14-16H2,1-3H3,(H2,22,23,24);1H. The molecule has 0 amide bonds. The SMILES string of the molecule is CCNC(=NCC1CN(CC(C)C)CCO1)NC1CCN(c2cccs2)CC1.I. The van der Waals surface area contributed by atoms with Gasteiger partial charge in [0.1, 0.15) is 0 Å². The third kappa shape index (κ3) is 8.22. The summed E-state index contributed by atoms with van der Waals surface area (Å²) in [5.41, 5.74) is 0. The summed E-state index contributed by atoms with van der Waals surface area (Å²) in [5.74, 6) is 1.63. The third-order valence-electron chi connectivity index (χ3n) is 5.30. The minimum absolute atomic E-state index is 0. The van der Waals surface area contributed by atoms with E-state index in [1.807, 2.05) is 11.3 Å². The van der Waals surface area contributed by atoms with E-state index >= 15 is 0 Å². The van der Waals surface area contributed by atoms with E-state index in [-0.39, 0.29) is 30.1 Å². The van der Waals surface area contributed by atoms with Crippen LogP contribution in [-0.4, -0.2) is 75.4 Å². The zero-order chi connectivity index (χ0) is 19.8. The van der Waals surface area contributed by atoms with Gasteiger partial charge >= 0.3 is 0 Å². The number of hydrogen-bond donors (Lipinski definition) is 2. The predicted molar refractivity (Wildman–Crippen MR) is 135 cm³/mol. The van der Waals surface area contributed by atoms with Gasteiger partial charge in [0.15, 0.2) is 5.96 Å². The molecule has 2 fully saturated rings. The smallest absolute Gasteiger partial charge is 0.191 e. The summed E-state index contributed by atoms with van der Waals surface area (Å²) in [5, 5.41) is 10.6. The molecule has 0 radical (unpaired) electrons. The molecule has 6 nitrogen and oxygen atoms in total. The van der Waals surface area contributed by atoms with Crippen molar-refractivity contribution in [1.82, 2.24) is 15.5 Å². The molecule has 0 aliphatic carbocycles. The number of anilines is 1. The topological polar surface area (TPSA) is 52.1 Å². The van der Waals surface area contributed by atoms with Gasteiger partial charge in [0.2, 0.25) is 0 Å². The summed E-state index contributed by atoms with van der Waals surface area (Å²) in [6.45, 7) is 14.5. The van der Waals surface area contributed by atoms with Crippen molar-refractivity contribution < 1.29 is 4.74 Å². The molecule has 0 saturated carbocycles. The number of halogens is 1. The maximum absolute atomic E-state index is 5.95. The molecule has 0 spiro atoms. The average molecular weight is 536 g/mol. The lowest BCUT2D eigenvalue weighted by molar-refractivity contribution is -0.0262. The summed E-state index contributed by atoms with van der Waals surface area (Å²) in [4.78, 5) is 9.85. The van der Waals surface area contributed by atoms with Gasteiger partial charge in [-0.3, -0.25) is 9.89 Å². The molecular weight excluding hydrogens is 497 g/mol. The van der Waals surface area contributed by atoms with Crippen molar-refractivity contribution >= 4 is 46.3 Å². The van der Waals surface area contributed by atoms with Crippen LogP contribution in [0.4, 0.5) is 5.00 Å². The summed E-state index contributed by atoms with van der Waals surface area (Å²) < 4.78 is 5.95. The molecule has 8 heteroatoms. The first kappa shape index (κ1) is 24.7. The first-order valence-electron chi connectivity index (χ1n) is 10.8. The Morgan fingerprint density at radius 2 is 2.10 bits per heavy atom. The first-order chi connectivity index (χ1) is 13.6. The van der Waals surface area contributed by atoms with E-state index in [0.29, 0.717) is 12.0 Å². The number of piperidine rings is 1. The van der Waals surface area contributed by atoms with Gasteiger partial charge in [-0.05, 0) is 43.2 Å². The van der Waals surface area contributed by atoms with Crippen molar-refractivity contribution in [2.45, 2.75) is 45.8 Å². The van der Waals surface area contributed by atoms with E-state index in [1.54, 1.807) is 0 Å². The van der Waals surface area contributed by atoms with Gasteiger partial charge < -0.3 is 20.3 Å². The Hall–Kier alpha value is -0.580. The highest BCUT2D eigenvalue weighted by atomic mass is 127. The van der Waals surface area contributed by atoms with Crippen molar-refractivity contribution in [2.24, 2.45) is 10.9 Å². The normalized spacial score (nSPS) is 21.9. The van der Waals surface area contributed by atoms with Crippen molar-refractivity contribution in [1.29, 1.82) is 0 Å². The molecule has 1 aromatic heterocycles. The molecular formula is C21H38IN5OS. The van der Waals surface area contributed by atoms with E-state index in [9.17, 15) is 0 Å². The molecule has 0 bridgehead atoms. The van der Waals surface area contributed by atoms with Gasteiger partial charge in [-0.1, -0.05) is 13.8 Å². The van der Waals surface area contributed by atoms with E-state index in [2.05, 4.69) is 58.7 Å². The highest BCUT2D eigenvalue weighted by molar-refractivity contribution is 14.0. The summed E-state index contributed by atoms with van der Waals surface area (Å²) in [6.07, 6.45) is 2.48. The molecule has 29 heavy (non-hydrogen) atoms. The van der Waals surface area contributed by atoms with Crippen LogP contribution in [0.3, 0.4) is 0 Å². The number of aliphatic imine (C=N–C) groups is 1. The number of nitrogens with one attached hydrogen (secondary N) is 2. The van der Waals surface area contributed by atoms with Gasteiger partial charge in [0, 0.05) is 45.3 Å². The van der Waals surface area contributed by atoms with Crippen LogP contribution in [0, 0.1) is 5.92 Å². The monoisotopic (exact) mass is 535 g/mol. The lowest BCUT2D eigenvalue weighted by Gasteiger charge is -2.34. The first-order valence-corrected chi connectivity index (χ1v) is 11.7. The second kappa shape index (κ2) is 13.0. The van der Waals surface area contributed by atoms with E-state index in [0.717, 1.165) is 71.2 Å². The van der Waals surface area contributed by atoms with Crippen LogP contribution >= 0.6 is 35.3 Å². The van der Waals surface area contributed by atoms with Crippen molar-refractivity contribution in [3.05, 3.63) is 17.5 Å². The van der Waals surface area contributed by atoms with Crippen molar-refractivity contribution in [3.63, 3.8) is 0 Å². The second-order valence-electron chi connectivity index (χ2n) is 8.22. The molecule has 2 saturated heterocycles. The number of nitrogens with zero attached hydrogens (tertiary/aromatic N) is 3. The molecule has 0 aromatic carbocycles. The Balaban J connectivity index is 0.00000300. The Kier molecular flexibility index (Phi) is 11.0. The number of morpholine rings is 1. The zero-order valence-corrected chi connectivity index (χ0v) is 21.2. The highest BCUT2D eigenvalue weighted by Gasteiger charge is 2.22. The quantitative estimate of drug-likeness (QED) is 0.319. The lowest BCUT2D eigenvalue weighted by atomic mass is 10.1. The Labute approximate surface area is 197 Å². The van der Waals surface area contributed by atoms with Crippen LogP contribution in [0.5, 0.6) is 0 Å². The number of rotatable bonds is 7. The van der Waals surface area contributed by atoms with Crippen LogP contribution in [0.2, 0.25) is 0 Å². The van der Waals surface area contributed by atoms with Gasteiger partial charge in [-0.25, -0.2) is 0 Å². The summed E-state index contributed by atoms with van der Waals surface area (Å²) >= 11 is 1.83. The van der Waals surface area contributed by atoms with Crippen LogP contribution in [-0.2, 0) is 4.74 Å². The number of ether oxygens (including phenoxy) is 1. The molecule has 2 aliphatic heterocycles. The maximum atomic E-state index is 5.95.